The van der Waals surface area contributed by atoms with Gasteiger partial charge >= 0.3 is 11.4 Å². The summed E-state index contributed by atoms with van der Waals surface area (Å²) < 4.78 is 5.76. The van der Waals surface area contributed by atoms with Crippen molar-refractivity contribution in [1.29, 1.82) is 0 Å². The van der Waals surface area contributed by atoms with Crippen LogP contribution in [0.15, 0.2) is 38.8 Å². The van der Waals surface area contributed by atoms with Crippen molar-refractivity contribution in [1.82, 2.24) is 4.90 Å². The second-order valence-corrected chi connectivity index (χ2v) is 15.2. The summed E-state index contributed by atoms with van der Waals surface area (Å²) in [6, 6.07) is 3.30. The number of benzene rings is 2. The van der Waals surface area contributed by atoms with Crippen LogP contribution in [0.2, 0.25) is 0 Å². The normalized spacial score (nSPS) is 29.0. The summed E-state index contributed by atoms with van der Waals surface area (Å²) in [6.07, 6.45) is 1.29. The maximum Gasteiger partial charge on any atom is 0.301 e. The Morgan fingerprint density at radius 3 is 2.10 bits per heavy atom. The number of ether oxygens (including phenoxy) is 1. The lowest BCUT2D eigenvalue weighted by Gasteiger charge is -2.51. The fourth-order valence-corrected chi connectivity index (χ4v) is 9.74. The Morgan fingerprint density at radius 1 is 0.980 bits per heavy atom. The van der Waals surface area contributed by atoms with Gasteiger partial charge in [0.05, 0.1) is 39.0 Å². The van der Waals surface area contributed by atoms with Gasteiger partial charge in [-0.05, 0) is 62.2 Å². The third kappa shape index (κ3) is 4.57. The molecule has 3 fully saturated rings. The largest absolute Gasteiger partial charge is 0.503 e. The fourth-order valence-electron chi connectivity index (χ4n) is 7.78. The van der Waals surface area contributed by atoms with Crippen molar-refractivity contribution in [2.24, 2.45) is 17.8 Å². The Balaban J connectivity index is 1.55. The topological polar surface area (TPSA) is 194 Å². The number of hydrogen-bond acceptors (Lipinski definition) is 11. The number of rotatable bonds is 6. The van der Waals surface area contributed by atoms with Crippen molar-refractivity contribution >= 4 is 101 Å². The maximum absolute atomic E-state index is 14.4. The van der Waals surface area contributed by atoms with Gasteiger partial charge in [-0.3, -0.25) is 44.3 Å². The number of methoxy groups -OCH3 is 1. The van der Waals surface area contributed by atoms with Gasteiger partial charge in [0.1, 0.15) is 0 Å². The molecule has 2 heterocycles. The van der Waals surface area contributed by atoms with Crippen LogP contribution >= 0.6 is 55.1 Å². The first kappa shape index (κ1) is 35.0. The summed E-state index contributed by atoms with van der Waals surface area (Å²) in [7, 11) is 5.31. The molecule has 0 bridgehead atoms. The quantitative estimate of drug-likeness (QED) is 0.135. The molecule has 1 saturated carbocycles. The van der Waals surface area contributed by atoms with Gasteiger partial charge in [0.25, 0.3) is 11.8 Å². The van der Waals surface area contributed by atoms with Crippen LogP contribution in [-0.2, 0) is 19.2 Å². The number of likely N-dealkylation sites (tertiary alicyclic amines) is 1. The Hall–Kier alpha value is -3.80. The monoisotopic (exact) mass is 843 g/mol. The predicted octanol–water partition coefficient (Wildman–Crippen LogP) is 5.00. The molecule has 6 rings (SSSR count). The number of nitro groups is 2. The number of imide groups is 2. The highest BCUT2D eigenvalue weighted by Crippen LogP contribution is 2.66. The minimum Gasteiger partial charge on any atom is -0.503 e. The van der Waals surface area contributed by atoms with E-state index in [9.17, 15) is 44.5 Å². The zero-order valence-electron chi connectivity index (χ0n) is 25.9. The molecular formula is C30H25Br2Cl2N5O10. The molecule has 0 aromatic heterocycles. The molecule has 2 aliphatic carbocycles. The number of aromatic hydroxyl groups is 1. The van der Waals surface area contributed by atoms with Crippen LogP contribution in [-0.4, -0.2) is 81.5 Å². The van der Waals surface area contributed by atoms with E-state index in [0.717, 1.165) is 17.0 Å². The average Bonchev–Trinajstić information content (AvgIpc) is 3.38. The van der Waals surface area contributed by atoms with Crippen LogP contribution in [0.1, 0.15) is 24.3 Å². The Morgan fingerprint density at radius 2 is 1.57 bits per heavy atom. The molecule has 0 unspecified atom stereocenters. The van der Waals surface area contributed by atoms with Crippen LogP contribution < -0.4 is 14.5 Å². The molecule has 15 nitrogen and oxygen atoms in total. The first-order valence-corrected chi connectivity index (χ1v) is 16.9. The number of anilines is 2. The first-order valence-electron chi connectivity index (χ1n) is 14.5. The van der Waals surface area contributed by atoms with Gasteiger partial charge in [0.15, 0.2) is 26.9 Å². The van der Waals surface area contributed by atoms with E-state index in [2.05, 4.69) is 31.9 Å². The molecule has 2 aromatic carbocycles. The molecule has 49 heavy (non-hydrogen) atoms. The molecule has 4 aliphatic rings. The van der Waals surface area contributed by atoms with Crippen molar-refractivity contribution in [2.45, 2.75) is 28.5 Å². The van der Waals surface area contributed by atoms with Gasteiger partial charge in [-0.25, -0.2) is 4.90 Å². The van der Waals surface area contributed by atoms with Gasteiger partial charge in [-0.2, -0.15) is 0 Å². The molecule has 258 valence electrons. The van der Waals surface area contributed by atoms with Gasteiger partial charge in [-0.15, -0.1) is 23.2 Å². The zero-order chi connectivity index (χ0) is 36.2. The van der Waals surface area contributed by atoms with Crippen molar-refractivity contribution in [2.75, 3.05) is 38.1 Å². The predicted molar refractivity (Wildman–Crippen MR) is 182 cm³/mol. The third-order valence-electron chi connectivity index (χ3n) is 9.87. The molecule has 0 spiro atoms. The highest BCUT2D eigenvalue weighted by Gasteiger charge is 2.76. The zero-order valence-corrected chi connectivity index (χ0v) is 30.6. The van der Waals surface area contributed by atoms with E-state index in [4.69, 9.17) is 27.9 Å². The van der Waals surface area contributed by atoms with Crippen molar-refractivity contribution < 1.29 is 38.9 Å². The summed E-state index contributed by atoms with van der Waals surface area (Å²) in [4.78, 5) is 76.9. The minimum absolute atomic E-state index is 0.00490. The van der Waals surface area contributed by atoms with Crippen molar-refractivity contribution in [3.05, 3.63) is 64.6 Å². The highest BCUT2D eigenvalue weighted by atomic mass is 79.9. The molecule has 2 aromatic rings. The highest BCUT2D eigenvalue weighted by molar-refractivity contribution is 9.13. The molecule has 2 aliphatic heterocycles. The van der Waals surface area contributed by atoms with Gasteiger partial charge in [0, 0.05) is 43.7 Å². The van der Waals surface area contributed by atoms with Crippen molar-refractivity contribution in [3.8, 4) is 11.5 Å². The Labute approximate surface area is 304 Å². The number of hydrogen-bond donors (Lipinski definition) is 1. The number of phenols is 1. The van der Waals surface area contributed by atoms with Crippen molar-refractivity contribution in [3.63, 3.8) is 0 Å². The van der Waals surface area contributed by atoms with Gasteiger partial charge < -0.3 is 14.7 Å². The SMILES string of the molecule is COc1cc([C@H]2C3=CC[C@@H]4C(=O)N(c5cc([N+](=O)[O-])c(N(C)C)c([N+](=O)[O-])c5)C(=O)[C@@H]4[C@@H]3C[C@@]3(Cl)C(=O)N(C)C(=O)[C@@]23Cl)c(Br)c(Br)c1O. The van der Waals surface area contributed by atoms with Gasteiger partial charge in [-0.1, -0.05) is 11.6 Å². The molecule has 2 saturated heterocycles. The molecule has 0 radical (unpaired) electrons. The molecular weight excluding hydrogens is 821 g/mol. The summed E-state index contributed by atoms with van der Waals surface area (Å²) in [6.45, 7) is 0. The lowest BCUT2D eigenvalue weighted by atomic mass is 9.56. The number of carbonyl (C=O) groups is 4. The van der Waals surface area contributed by atoms with E-state index in [-0.39, 0.29) is 50.2 Å². The molecule has 6 atom stereocenters. The number of allylic oxidation sites excluding steroid dienone is 2. The van der Waals surface area contributed by atoms with Gasteiger partial charge in [0.2, 0.25) is 11.8 Å². The second-order valence-electron chi connectivity index (χ2n) is 12.4. The number of phenolic OH excluding ortho intramolecular Hbond substituents is 1. The smallest absolute Gasteiger partial charge is 0.301 e. The summed E-state index contributed by atoms with van der Waals surface area (Å²) in [5, 5.41) is 34.8. The maximum atomic E-state index is 14.4. The van der Waals surface area contributed by atoms with Crippen LogP contribution in [0.5, 0.6) is 11.5 Å². The summed E-state index contributed by atoms with van der Waals surface area (Å²) in [5.74, 6) is -7.86. The first-order chi connectivity index (χ1) is 22.8. The minimum atomic E-state index is -2.13. The molecule has 1 N–H and O–H groups in total. The summed E-state index contributed by atoms with van der Waals surface area (Å²) in [5.41, 5.74) is -1.37. The molecule has 19 heteroatoms. The van der Waals surface area contributed by atoms with E-state index >= 15 is 0 Å². The average molecular weight is 846 g/mol. The fraction of sp³-hybridized carbons (Fsp3) is 0.400. The lowest BCUT2D eigenvalue weighted by molar-refractivity contribution is -0.392. The van der Waals surface area contributed by atoms with E-state index in [0.29, 0.717) is 10.5 Å². The number of fused-ring (bicyclic) bond motifs is 4. The van der Waals surface area contributed by atoms with Crippen LogP contribution in [0.4, 0.5) is 22.7 Å². The van der Waals surface area contributed by atoms with Crippen LogP contribution in [0.25, 0.3) is 0 Å². The number of alkyl halides is 2. The lowest BCUT2D eigenvalue weighted by Crippen LogP contribution is -2.60. The number of halogens is 4. The van der Waals surface area contributed by atoms with E-state index in [1.54, 1.807) is 6.08 Å². The number of nitro benzene ring substituents is 2. The van der Waals surface area contributed by atoms with E-state index in [1.165, 1.54) is 39.2 Å². The van der Waals surface area contributed by atoms with E-state index < -0.39 is 78.3 Å². The third-order valence-corrected chi connectivity index (χ3v) is 13.4. The summed E-state index contributed by atoms with van der Waals surface area (Å²) >= 11 is 21.2. The number of nitrogens with zero attached hydrogens (tertiary/aromatic N) is 5. The van der Waals surface area contributed by atoms with E-state index in [1.807, 2.05) is 0 Å². The second kappa shape index (κ2) is 11.6. The Bertz CT molecular complexity index is 1940. The standard InChI is InChI=1S/C30H25Br2Cl2N5O10/c1-35(2)23-16(38(45)46)7-11(8-17(23)39(47)48)37-25(41)13-6-5-12-15(19(13)26(37)42)10-29(33)27(43)36(3)28(44)30(29,34)20(12)14-9-18(49-4)24(40)22(32)21(14)31/h5,7-9,13,15,19-20,40H,6,10H2,1-4H3/t13-,15+,19-,20+,29+,30-/m0/s1. The number of amides is 4. The number of carbonyl (C=O) groups excluding carboxylic acids is 4. The molecule has 4 amide bonds. The Kier molecular flexibility index (Phi) is 8.32. The van der Waals surface area contributed by atoms with Crippen LogP contribution in [0, 0.1) is 38.0 Å². The van der Waals surface area contributed by atoms with Crippen LogP contribution in [0.3, 0.4) is 0 Å².